The van der Waals surface area contributed by atoms with Gasteiger partial charge in [-0.3, -0.25) is 4.79 Å². The van der Waals surface area contributed by atoms with E-state index in [9.17, 15) is 4.79 Å². The maximum absolute atomic E-state index is 12.0. The zero-order valence-corrected chi connectivity index (χ0v) is 14.8. The summed E-state index contributed by atoms with van der Waals surface area (Å²) in [5.74, 6) is 0.374. The lowest BCUT2D eigenvalue weighted by Crippen LogP contribution is -2.28. The number of carbonyl (C=O) groups excluding carboxylic acids is 1. The molecule has 0 radical (unpaired) electrons. The summed E-state index contributed by atoms with van der Waals surface area (Å²) in [6.45, 7) is 4.86. The molecule has 0 spiro atoms. The van der Waals surface area contributed by atoms with Crippen molar-refractivity contribution in [2.24, 2.45) is 5.92 Å². The van der Waals surface area contributed by atoms with Crippen LogP contribution in [0.25, 0.3) is 0 Å². The van der Waals surface area contributed by atoms with E-state index in [1.54, 1.807) is 12.1 Å². The molecule has 2 N–H and O–H groups in total. The van der Waals surface area contributed by atoms with Gasteiger partial charge in [0.15, 0.2) is 5.75 Å². The summed E-state index contributed by atoms with van der Waals surface area (Å²) < 4.78 is 6.25. The van der Waals surface area contributed by atoms with E-state index in [1.807, 2.05) is 20.9 Å². The third-order valence-corrected chi connectivity index (χ3v) is 3.32. The molecule has 1 atom stereocenters. The summed E-state index contributed by atoms with van der Waals surface area (Å²) in [6.07, 6.45) is 0. The van der Waals surface area contributed by atoms with Gasteiger partial charge in [0.1, 0.15) is 0 Å². The zero-order valence-electron chi connectivity index (χ0n) is 11.6. The fraction of sp³-hybridized carbons (Fsp3) is 0.462. The third-order valence-electron chi connectivity index (χ3n) is 2.51. The van der Waals surface area contributed by atoms with E-state index in [4.69, 9.17) is 16.3 Å². The Labute approximate surface area is 139 Å². The highest BCUT2D eigenvalue weighted by atomic mass is 79.9. The standard InChI is InChI=1S/C13H18BrClN2O2.ClH/c1-4-19-12-10(14)5-9(15)6-11(12)17-13(18)8(2)7-16-3;/h5-6,8,16H,4,7H2,1-3H3,(H,17,18);1H. The molecule has 114 valence electrons. The minimum absolute atomic E-state index is 0. The minimum Gasteiger partial charge on any atom is -0.491 e. The van der Waals surface area contributed by atoms with Crippen molar-refractivity contribution in [2.75, 3.05) is 25.5 Å². The largest absolute Gasteiger partial charge is 0.491 e. The Hall–Kier alpha value is -0.490. The lowest BCUT2D eigenvalue weighted by molar-refractivity contribution is -0.119. The van der Waals surface area contributed by atoms with Crippen LogP contribution in [0.5, 0.6) is 5.75 Å². The summed E-state index contributed by atoms with van der Waals surface area (Å²) in [4.78, 5) is 12.0. The van der Waals surface area contributed by atoms with Crippen LogP contribution in [-0.2, 0) is 4.79 Å². The minimum atomic E-state index is -0.141. The number of amides is 1. The summed E-state index contributed by atoms with van der Waals surface area (Å²) in [5, 5.41) is 6.35. The number of ether oxygens (including phenoxy) is 1. The molecule has 0 aliphatic heterocycles. The SMILES string of the molecule is CCOc1c(Br)cc(Cl)cc1NC(=O)C(C)CNC.Cl. The summed E-state index contributed by atoms with van der Waals surface area (Å²) >= 11 is 9.38. The maximum Gasteiger partial charge on any atom is 0.228 e. The van der Waals surface area contributed by atoms with E-state index in [1.165, 1.54) is 0 Å². The number of hydrogen-bond donors (Lipinski definition) is 2. The first-order valence-corrected chi connectivity index (χ1v) is 7.24. The molecule has 4 nitrogen and oxygen atoms in total. The van der Waals surface area contributed by atoms with Gasteiger partial charge in [-0.25, -0.2) is 0 Å². The topological polar surface area (TPSA) is 50.4 Å². The van der Waals surface area contributed by atoms with Gasteiger partial charge in [0.2, 0.25) is 5.91 Å². The first-order valence-electron chi connectivity index (χ1n) is 6.06. The van der Waals surface area contributed by atoms with Crippen molar-refractivity contribution in [2.45, 2.75) is 13.8 Å². The second-order valence-corrected chi connectivity index (χ2v) is 5.44. The highest BCUT2D eigenvalue weighted by molar-refractivity contribution is 9.10. The Balaban J connectivity index is 0.00000361. The molecule has 0 aromatic heterocycles. The van der Waals surface area contributed by atoms with Crippen molar-refractivity contribution in [3.63, 3.8) is 0 Å². The lowest BCUT2D eigenvalue weighted by Gasteiger charge is -2.16. The van der Waals surface area contributed by atoms with Gasteiger partial charge >= 0.3 is 0 Å². The van der Waals surface area contributed by atoms with Crippen molar-refractivity contribution in [1.82, 2.24) is 5.32 Å². The van der Waals surface area contributed by atoms with Crippen LogP contribution in [0, 0.1) is 5.92 Å². The van der Waals surface area contributed by atoms with Crippen LogP contribution in [0.15, 0.2) is 16.6 Å². The van der Waals surface area contributed by atoms with Crippen molar-refractivity contribution in [3.8, 4) is 5.75 Å². The molecule has 1 aromatic carbocycles. The normalized spacial score (nSPS) is 11.4. The molecule has 7 heteroatoms. The maximum atomic E-state index is 12.0. The Bertz CT molecular complexity index is 458. The van der Waals surface area contributed by atoms with Crippen LogP contribution >= 0.6 is 39.9 Å². The second kappa shape index (κ2) is 9.45. The average molecular weight is 386 g/mol. The van der Waals surface area contributed by atoms with Gasteiger partial charge in [0.25, 0.3) is 0 Å². The fourth-order valence-corrected chi connectivity index (χ4v) is 2.52. The number of rotatable bonds is 6. The fourth-order valence-electron chi connectivity index (χ4n) is 1.60. The quantitative estimate of drug-likeness (QED) is 0.784. The molecular weight excluding hydrogens is 367 g/mol. The van der Waals surface area contributed by atoms with E-state index in [0.29, 0.717) is 29.6 Å². The zero-order chi connectivity index (χ0) is 14.4. The lowest BCUT2D eigenvalue weighted by atomic mass is 10.1. The van der Waals surface area contributed by atoms with Gasteiger partial charge in [-0.15, -0.1) is 12.4 Å². The number of benzene rings is 1. The Morgan fingerprint density at radius 1 is 1.50 bits per heavy atom. The molecule has 1 aromatic rings. The average Bonchev–Trinajstić information content (AvgIpc) is 2.33. The molecule has 0 saturated heterocycles. The van der Waals surface area contributed by atoms with Crippen molar-refractivity contribution in [1.29, 1.82) is 0 Å². The van der Waals surface area contributed by atoms with Crippen molar-refractivity contribution < 1.29 is 9.53 Å². The van der Waals surface area contributed by atoms with Crippen LogP contribution in [0.1, 0.15) is 13.8 Å². The number of halogens is 3. The molecule has 1 amide bonds. The third kappa shape index (κ3) is 5.48. The molecule has 0 heterocycles. The number of nitrogens with one attached hydrogen (secondary N) is 2. The molecule has 1 unspecified atom stereocenters. The van der Waals surface area contributed by atoms with E-state index < -0.39 is 0 Å². The van der Waals surface area contributed by atoms with E-state index in [-0.39, 0.29) is 24.2 Å². The molecule has 20 heavy (non-hydrogen) atoms. The summed E-state index contributed by atoms with van der Waals surface area (Å²) in [7, 11) is 1.81. The number of hydrogen-bond acceptors (Lipinski definition) is 3. The molecule has 0 fully saturated rings. The van der Waals surface area contributed by atoms with Crippen molar-refractivity contribution >= 4 is 51.5 Å². The number of carbonyl (C=O) groups is 1. The van der Waals surface area contributed by atoms with Gasteiger partial charge in [0, 0.05) is 17.5 Å². The second-order valence-electron chi connectivity index (χ2n) is 4.15. The summed E-state index contributed by atoms with van der Waals surface area (Å²) in [6, 6.07) is 3.42. The first kappa shape index (κ1) is 19.5. The van der Waals surface area contributed by atoms with Gasteiger partial charge in [-0.1, -0.05) is 18.5 Å². The Morgan fingerprint density at radius 2 is 2.15 bits per heavy atom. The Morgan fingerprint density at radius 3 is 2.70 bits per heavy atom. The Kier molecular flexibility index (Phi) is 9.22. The van der Waals surface area contributed by atoms with Crippen LogP contribution in [0.3, 0.4) is 0 Å². The van der Waals surface area contributed by atoms with Gasteiger partial charge < -0.3 is 15.4 Å². The van der Waals surface area contributed by atoms with Gasteiger partial charge in [-0.2, -0.15) is 0 Å². The first-order chi connectivity index (χ1) is 8.99. The van der Waals surface area contributed by atoms with Crippen LogP contribution in [0.2, 0.25) is 5.02 Å². The predicted octanol–water partition coefficient (Wildman–Crippen LogP) is 3.72. The molecule has 0 aliphatic carbocycles. The summed E-state index contributed by atoms with van der Waals surface area (Å²) in [5.41, 5.74) is 0.578. The smallest absolute Gasteiger partial charge is 0.228 e. The van der Waals surface area contributed by atoms with Crippen molar-refractivity contribution in [3.05, 3.63) is 21.6 Å². The number of anilines is 1. The molecular formula is C13H19BrCl2N2O2. The van der Waals surface area contributed by atoms with Gasteiger partial charge in [-0.05, 0) is 42.0 Å². The monoisotopic (exact) mass is 384 g/mol. The van der Waals surface area contributed by atoms with Gasteiger partial charge in [0.05, 0.1) is 16.8 Å². The van der Waals surface area contributed by atoms with E-state index in [2.05, 4.69) is 26.6 Å². The van der Waals surface area contributed by atoms with E-state index >= 15 is 0 Å². The molecule has 1 rings (SSSR count). The van der Waals surface area contributed by atoms with Crippen LogP contribution in [0.4, 0.5) is 5.69 Å². The molecule has 0 bridgehead atoms. The highest BCUT2D eigenvalue weighted by Crippen LogP contribution is 2.36. The molecule has 0 saturated carbocycles. The highest BCUT2D eigenvalue weighted by Gasteiger charge is 2.16. The predicted molar refractivity (Wildman–Crippen MR) is 89.3 cm³/mol. The van der Waals surface area contributed by atoms with Crippen LogP contribution < -0.4 is 15.4 Å². The molecule has 0 aliphatic rings. The van der Waals surface area contributed by atoms with Crippen LogP contribution in [-0.4, -0.2) is 26.1 Å². The van der Waals surface area contributed by atoms with E-state index in [0.717, 1.165) is 4.47 Å².